The highest BCUT2D eigenvalue weighted by Gasteiger charge is 2.11. The van der Waals surface area contributed by atoms with E-state index in [1.165, 1.54) is 0 Å². The number of allylic oxidation sites excluding steroid dienone is 1. The molecule has 0 spiro atoms. The molecule has 4 nitrogen and oxygen atoms in total. The first-order valence-corrected chi connectivity index (χ1v) is 5.54. The fourth-order valence-corrected chi connectivity index (χ4v) is 1.64. The van der Waals surface area contributed by atoms with E-state index in [0.717, 1.165) is 18.4 Å². The number of hydrogen-bond donors (Lipinski definition) is 0. The van der Waals surface area contributed by atoms with Gasteiger partial charge in [0, 0.05) is 11.1 Å². The molecule has 0 bridgehead atoms. The van der Waals surface area contributed by atoms with E-state index in [0.29, 0.717) is 15.4 Å². The van der Waals surface area contributed by atoms with Gasteiger partial charge in [-0.25, -0.2) is 0 Å². The predicted molar refractivity (Wildman–Crippen MR) is 63.9 cm³/mol. The zero-order valence-electron chi connectivity index (χ0n) is 8.93. The molecular formula is C11H12ClN3O. The maximum Gasteiger partial charge on any atom is 0.204 e. The van der Waals surface area contributed by atoms with Gasteiger partial charge in [-0.05, 0) is 24.6 Å². The summed E-state index contributed by atoms with van der Waals surface area (Å²) < 4.78 is 1.56. The average Bonchev–Trinajstić information content (AvgIpc) is 2.56. The summed E-state index contributed by atoms with van der Waals surface area (Å²) in [6.45, 7) is 2.10. The fraction of sp³-hybridized carbons (Fsp3) is 0.273. The molecule has 2 rings (SSSR count). The van der Waals surface area contributed by atoms with Gasteiger partial charge in [-0.15, -0.1) is 9.53 Å². The van der Waals surface area contributed by atoms with Crippen molar-refractivity contribution in [2.75, 3.05) is 0 Å². The topological polar surface area (TPSA) is 44.8 Å². The van der Waals surface area contributed by atoms with Gasteiger partial charge in [0.05, 0.1) is 0 Å². The van der Waals surface area contributed by atoms with E-state index in [9.17, 15) is 5.21 Å². The molecule has 0 unspecified atom stereocenters. The number of unbranched alkanes of at least 4 members (excludes halogenated alkanes) is 1. The summed E-state index contributed by atoms with van der Waals surface area (Å²) in [5.74, 6) is 0. The average molecular weight is 238 g/mol. The Morgan fingerprint density at radius 1 is 1.56 bits per heavy atom. The van der Waals surface area contributed by atoms with Crippen LogP contribution in [0.2, 0.25) is 5.02 Å². The number of fused-ring (bicyclic) bond motifs is 1. The van der Waals surface area contributed by atoms with Crippen LogP contribution >= 0.6 is 11.6 Å². The fourth-order valence-electron chi connectivity index (χ4n) is 1.48. The van der Waals surface area contributed by atoms with E-state index in [4.69, 9.17) is 11.6 Å². The molecule has 0 fully saturated rings. The largest absolute Gasteiger partial charge is 0.691 e. The Hall–Kier alpha value is -1.55. The van der Waals surface area contributed by atoms with Crippen molar-refractivity contribution in [1.29, 1.82) is 0 Å². The molecule has 0 amide bonds. The van der Waals surface area contributed by atoms with E-state index < -0.39 is 0 Å². The van der Waals surface area contributed by atoms with E-state index in [1.54, 1.807) is 29.1 Å². The van der Waals surface area contributed by atoms with Crippen molar-refractivity contribution in [3.05, 3.63) is 34.5 Å². The lowest BCUT2D eigenvalue weighted by molar-refractivity contribution is -0.645. The van der Waals surface area contributed by atoms with E-state index in [1.807, 2.05) is 6.08 Å². The summed E-state index contributed by atoms with van der Waals surface area (Å²) in [4.78, 5) is 0.581. The minimum atomic E-state index is 0.480. The minimum Gasteiger partial charge on any atom is -0.691 e. The summed E-state index contributed by atoms with van der Waals surface area (Å²) in [6.07, 6.45) is 5.82. The first-order chi connectivity index (χ1) is 7.72. The van der Waals surface area contributed by atoms with Crippen LogP contribution in [0.25, 0.3) is 17.2 Å². The van der Waals surface area contributed by atoms with Crippen LogP contribution in [0.4, 0.5) is 0 Å². The van der Waals surface area contributed by atoms with Gasteiger partial charge in [0.15, 0.2) is 0 Å². The molecule has 0 atom stereocenters. The number of benzene rings is 1. The lowest BCUT2D eigenvalue weighted by Crippen LogP contribution is -2.28. The zero-order chi connectivity index (χ0) is 11.5. The summed E-state index contributed by atoms with van der Waals surface area (Å²) in [5, 5.41) is 15.8. The lowest BCUT2D eigenvalue weighted by atomic mass is 10.3. The van der Waals surface area contributed by atoms with Crippen molar-refractivity contribution in [1.82, 2.24) is 9.90 Å². The number of aromatic nitrogens is 3. The molecule has 0 aliphatic carbocycles. The van der Waals surface area contributed by atoms with Gasteiger partial charge < -0.3 is 5.21 Å². The summed E-state index contributed by atoms with van der Waals surface area (Å²) >= 11 is 5.82. The quantitative estimate of drug-likeness (QED) is 0.608. The number of rotatable bonds is 3. The maximum absolute atomic E-state index is 11.5. The Bertz CT molecular complexity index is 533. The summed E-state index contributed by atoms with van der Waals surface area (Å²) in [7, 11) is 0. The van der Waals surface area contributed by atoms with Crippen molar-refractivity contribution in [3.8, 4) is 0 Å². The van der Waals surface area contributed by atoms with E-state index >= 15 is 0 Å². The van der Waals surface area contributed by atoms with Gasteiger partial charge in [-0.1, -0.05) is 24.9 Å². The Kier molecular flexibility index (Phi) is 3.10. The molecule has 1 aromatic heterocycles. The Morgan fingerprint density at radius 2 is 2.38 bits per heavy atom. The van der Waals surface area contributed by atoms with Crippen LogP contribution in [0.5, 0.6) is 0 Å². The molecule has 0 aliphatic heterocycles. The standard InChI is InChI=1S/C11H12ClN3O/c1-2-3-4-7-14-10-6-5-9(12)8-11(10)15(16)13-14/h4-8H,2-3H2,1H3/b7-4+. The second kappa shape index (κ2) is 4.53. The highest BCUT2D eigenvalue weighted by Crippen LogP contribution is 2.16. The smallest absolute Gasteiger partial charge is 0.204 e. The van der Waals surface area contributed by atoms with Crippen LogP contribution in [0.3, 0.4) is 0 Å². The van der Waals surface area contributed by atoms with Crippen molar-refractivity contribution in [3.63, 3.8) is 0 Å². The maximum atomic E-state index is 11.5. The first kappa shape index (κ1) is 11.0. The Balaban J connectivity index is 2.47. The van der Waals surface area contributed by atoms with Gasteiger partial charge in [-0.3, -0.25) is 0 Å². The first-order valence-electron chi connectivity index (χ1n) is 5.16. The normalized spacial score (nSPS) is 11.6. The molecule has 0 N–H and O–H groups in total. The molecule has 0 radical (unpaired) electrons. The van der Waals surface area contributed by atoms with Crippen LogP contribution in [-0.2, 0) is 0 Å². The van der Waals surface area contributed by atoms with Crippen LogP contribution in [0, 0.1) is 5.21 Å². The molecule has 84 valence electrons. The minimum absolute atomic E-state index is 0.480. The van der Waals surface area contributed by atoms with Gasteiger partial charge in [0.2, 0.25) is 11.0 Å². The number of halogens is 1. The lowest BCUT2D eigenvalue weighted by Gasteiger charge is -1.91. The molecule has 0 saturated carbocycles. The number of nitrogens with zero attached hydrogens (tertiary/aromatic N) is 3. The van der Waals surface area contributed by atoms with Gasteiger partial charge >= 0.3 is 0 Å². The third-order valence-corrected chi connectivity index (χ3v) is 2.51. The Morgan fingerprint density at radius 3 is 3.12 bits per heavy atom. The van der Waals surface area contributed by atoms with Crippen molar-refractivity contribution in [2.45, 2.75) is 19.8 Å². The predicted octanol–water partition coefficient (Wildman–Crippen LogP) is 2.59. The van der Waals surface area contributed by atoms with Crippen LogP contribution in [-0.4, -0.2) is 9.90 Å². The van der Waals surface area contributed by atoms with Crippen molar-refractivity contribution >= 4 is 28.8 Å². The zero-order valence-corrected chi connectivity index (χ0v) is 9.68. The Labute approximate surface area is 98.3 Å². The molecule has 2 aromatic rings. The summed E-state index contributed by atoms with van der Waals surface area (Å²) in [5.41, 5.74) is 1.24. The molecule has 0 saturated heterocycles. The molecule has 0 aliphatic rings. The second-order valence-corrected chi connectivity index (χ2v) is 3.95. The van der Waals surface area contributed by atoms with Gasteiger partial charge in [0.1, 0.15) is 11.4 Å². The van der Waals surface area contributed by atoms with E-state index in [-0.39, 0.29) is 0 Å². The molecule has 16 heavy (non-hydrogen) atoms. The highest BCUT2D eigenvalue weighted by molar-refractivity contribution is 6.31. The number of hydrogen-bond acceptors (Lipinski definition) is 2. The molecule has 1 heterocycles. The van der Waals surface area contributed by atoms with Gasteiger partial charge in [-0.2, -0.15) is 0 Å². The SMILES string of the molecule is CCC/C=C/n1n[n+]([O-])c2cc(Cl)ccc21. The highest BCUT2D eigenvalue weighted by atomic mass is 35.5. The molecule has 5 heteroatoms. The third-order valence-electron chi connectivity index (χ3n) is 2.27. The third kappa shape index (κ3) is 2.02. The van der Waals surface area contributed by atoms with Crippen LogP contribution < -0.4 is 4.85 Å². The monoisotopic (exact) mass is 237 g/mol. The van der Waals surface area contributed by atoms with Crippen molar-refractivity contribution in [2.24, 2.45) is 0 Å². The second-order valence-electron chi connectivity index (χ2n) is 3.51. The molecular weight excluding hydrogens is 226 g/mol. The van der Waals surface area contributed by atoms with Gasteiger partial charge in [0.25, 0.3) is 0 Å². The van der Waals surface area contributed by atoms with Crippen LogP contribution in [0.15, 0.2) is 24.3 Å². The van der Waals surface area contributed by atoms with Crippen LogP contribution in [0.1, 0.15) is 19.8 Å². The molecule has 1 aromatic carbocycles. The summed E-state index contributed by atoms with van der Waals surface area (Å²) in [6, 6.07) is 5.14. The van der Waals surface area contributed by atoms with Crippen molar-refractivity contribution < 1.29 is 4.85 Å². The van der Waals surface area contributed by atoms with E-state index in [2.05, 4.69) is 12.1 Å².